The number of amides is 1. The third-order valence-corrected chi connectivity index (χ3v) is 5.65. The molecule has 1 atom stereocenters. The maximum absolute atomic E-state index is 12.9. The Balaban J connectivity index is 1.54. The second kappa shape index (κ2) is 7.70. The average Bonchev–Trinajstić information content (AvgIpc) is 3.35. The van der Waals surface area contributed by atoms with Crippen LogP contribution in [0.1, 0.15) is 53.6 Å². The minimum absolute atomic E-state index is 0.0369. The summed E-state index contributed by atoms with van der Waals surface area (Å²) in [4.78, 5) is 22.5. The zero-order valence-corrected chi connectivity index (χ0v) is 16.8. The van der Waals surface area contributed by atoms with Crippen LogP contribution in [0.3, 0.4) is 0 Å². The number of halogens is 3. The predicted octanol–water partition coefficient (Wildman–Crippen LogP) is 4.06. The summed E-state index contributed by atoms with van der Waals surface area (Å²) in [5.41, 5.74) is 2.94. The Kier molecular flexibility index (Phi) is 5.21. The first-order valence-electron chi connectivity index (χ1n) is 9.90. The monoisotopic (exact) mass is 417 g/mol. The van der Waals surface area contributed by atoms with E-state index in [1.54, 1.807) is 13.8 Å². The van der Waals surface area contributed by atoms with Gasteiger partial charge in [-0.3, -0.25) is 4.79 Å². The van der Waals surface area contributed by atoms with E-state index < -0.39 is 12.0 Å². The SMILES string of the molecule is Cc1nc2nc(C(F)(F)F)nn2c(C)c1CCC(=O)N1CCCC1c1ccccc1. The van der Waals surface area contributed by atoms with E-state index in [2.05, 4.69) is 15.1 Å². The van der Waals surface area contributed by atoms with Crippen LogP contribution in [0.5, 0.6) is 0 Å². The number of carbonyl (C=O) groups is 1. The zero-order chi connectivity index (χ0) is 21.5. The van der Waals surface area contributed by atoms with Crippen LogP contribution in [0.4, 0.5) is 13.2 Å². The molecule has 1 aliphatic heterocycles. The van der Waals surface area contributed by atoms with Crippen LogP contribution in [-0.2, 0) is 17.4 Å². The lowest BCUT2D eigenvalue weighted by Crippen LogP contribution is -2.30. The summed E-state index contributed by atoms with van der Waals surface area (Å²) in [5.74, 6) is -1.26. The maximum atomic E-state index is 12.9. The summed E-state index contributed by atoms with van der Waals surface area (Å²) in [6.45, 7) is 4.11. The van der Waals surface area contributed by atoms with Crippen molar-refractivity contribution in [2.24, 2.45) is 0 Å². The molecular formula is C21H22F3N5O. The molecule has 0 bridgehead atoms. The highest BCUT2D eigenvalue weighted by molar-refractivity contribution is 5.77. The first-order valence-corrected chi connectivity index (χ1v) is 9.90. The van der Waals surface area contributed by atoms with Crippen LogP contribution in [0, 0.1) is 13.8 Å². The first kappa shape index (κ1) is 20.3. The lowest BCUT2D eigenvalue weighted by Gasteiger charge is -2.25. The van der Waals surface area contributed by atoms with Gasteiger partial charge in [0.1, 0.15) is 0 Å². The standard InChI is InChI=1S/C21H22F3N5O/c1-13-16(14(2)29-20(25-13)26-19(27-29)21(22,23)24)10-11-18(30)28-12-6-9-17(28)15-7-4-3-5-8-15/h3-5,7-8,17H,6,9-12H2,1-2H3. The summed E-state index contributed by atoms with van der Waals surface area (Å²) < 4.78 is 39.9. The molecule has 30 heavy (non-hydrogen) atoms. The van der Waals surface area contributed by atoms with Crippen molar-refractivity contribution in [1.29, 1.82) is 0 Å². The molecule has 0 saturated carbocycles. The third-order valence-electron chi connectivity index (χ3n) is 5.65. The molecule has 1 fully saturated rings. The molecule has 2 aromatic heterocycles. The second-order valence-corrected chi connectivity index (χ2v) is 7.56. The Morgan fingerprint density at radius 2 is 1.90 bits per heavy atom. The van der Waals surface area contributed by atoms with Gasteiger partial charge in [-0.25, -0.2) is 9.50 Å². The first-order chi connectivity index (χ1) is 14.3. The number of hydrogen-bond acceptors (Lipinski definition) is 4. The number of likely N-dealkylation sites (tertiary alicyclic amines) is 1. The Labute approximate surface area is 171 Å². The van der Waals surface area contributed by atoms with Crippen molar-refractivity contribution in [3.05, 3.63) is 58.7 Å². The molecule has 6 nitrogen and oxygen atoms in total. The molecule has 0 aliphatic carbocycles. The molecule has 0 spiro atoms. The van der Waals surface area contributed by atoms with Crippen molar-refractivity contribution < 1.29 is 18.0 Å². The van der Waals surface area contributed by atoms with Gasteiger partial charge in [0.2, 0.25) is 5.91 Å². The smallest absolute Gasteiger partial charge is 0.336 e. The summed E-state index contributed by atoms with van der Waals surface area (Å²) >= 11 is 0. The average molecular weight is 417 g/mol. The number of carbonyl (C=O) groups excluding carboxylic acids is 1. The van der Waals surface area contributed by atoms with Crippen LogP contribution in [0.25, 0.3) is 5.78 Å². The molecule has 1 aliphatic rings. The number of hydrogen-bond donors (Lipinski definition) is 0. The van der Waals surface area contributed by atoms with E-state index in [1.165, 1.54) is 0 Å². The van der Waals surface area contributed by atoms with E-state index in [0.717, 1.165) is 28.5 Å². The topological polar surface area (TPSA) is 63.4 Å². The quantitative estimate of drug-likeness (QED) is 0.642. The van der Waals surface area contributed by atoms with Gasteiger partial charge < -0.3 is 4.90 Å². The van der Waals surface area contributed by atoms with Crippen LogP contribution in [-0.4, -0.2) is 36.9 Å². The number of alkyl halides is 3. The molecule has 9 heteroatoms. The summed E-state index contributed by atoms with van der Waals surface area (Å²) in [6, 6.07) is 10.0. The minimum atomic E-state index is -4.63. The number of benzene rings is 1. The van der Waals surface area contributed by atoms with Crippen molar-refractivity contribution >= 4 is 11.7 Å². The fourth-order valence-electron chi connectivity index (χ4n) is 4.15. The van der Waals surface area contributed by atoms with E-state index in [1.807, 2.05) is 35.2 Å². The molecule has 1 aromatic carbocycles. The van der Waals surface area contributed by atoms with Gasteiger partial charge in [-0.15, -0.1) is 5.10 Å². The Hall–Kier alpha value is -2.97. The summed E-state index contributed by atoms with van der Waals surface area (Å²) in [7, 11) is 0. The lowest BCUT2D eigenvalue weighted by atomic mass is 10.0. The fraction of sp³-hybridized carbons (Fsp3) is 0.429. The molecule has 4 rings (SSSR count). The molecule has 1 amide bonds. The van der Waals surface area contributed by atoms with E-state index in [4.69, 9.17) is 0 Å². The predicted molar refractivity (Wildman–Crippen MR) is 104 cm³/mol. The normalized spacial score (nSPS) is 17.1. The third kappa shape index (κ3) is 3.76. The molecule has 158 valence electrons. The van der Waals surface area contributed by atoms with Crippen molar-refractivity contribution in [3.63, 3.8) is 0 Å². The summed E-state index contributed by atoms with van der Waals surface area (Å²) in [5, 5.41) is 3.56. The van der Waals surface area contributed by atoms with Gasteiger partial charge in [0.25, 0.3) is 11.6 Å². The molecule has 3 aromatic rings. The minimum Gasteiger partial charge on any atom is -0.336 e. The van der Waals surface area contributed by atoms with Gasteiger partial charge in [0.05, 0.1) is 6.04 Å². The number of aromatic nitrogens is 4. The van der Waals surface area contributed by atoms with Gasteiger partial charge in [-0.05, 0) is 44.2 Å². The van der Waals surface area contributed by atoms with E-state index in [9.17, 15) is 18.0 Å². The number of fused-ring (bicyclic) bond motifs is 1. The molecule has 1 unspecified atom stereocenters. The van der Waals surface area contributed by atoms with Gasteiger partial charge in [0.15, 0.2) is 0 Å². The zero-order valence-electron chi connectivity index (χ0n) is 16.8. The molecule has 0 N–H and O–H groups in total. The molecule has 3 heterocycles. The van der Waals surface area contributed by atoms with Gasteiger partial charge >= 0.3 is 6.18 Å². The Bertz CT molecular complexity index is 1080. The van der Waals surface area contributed by atoms with Gasteiger partial charge in [-0.1, -0.05) is 30.3 Å². The van der Waals surface area contributed by atoms with E-state index in [-0.39, 0.29) is 24.1 Å². The van der Waals surface area contributed by atoms with Crippen molar-refractivity contribution in [1.82, 2.24) is 24.5 Å². The molecular weight excluding hydrogens is 395 g/mol. The highest BCUT2D eigenvalue weighted by Gasteiger charge is 2.37. The van der Waals surface area contributed by atoms with Crippen LogP contribution < -0.4 is 0 Å². The Morgan fingerprint density at radius 1 is 1.17 bits per heavy atom. The highest BCUT2D eigenvalue weighted by Crippen LogP contribution is 2.32. The van der Waals surface area contributed by atoms with Crippen LogP contribution in [0.2, 0.25) is 0 Å². The lowest BCUT2D eigenvalue weighted by molar-refractivity contribution is -0.144. The molecule has 1 saturated heterocycles. The summed E-state index contributed by atoms with van der Waals surface area (Å²) in [6.07, 6.45) is -2.10. The fourth-order valence-corrected chi connectivity index (χ4v) is 4.15. The highest BCUT2D eigenvalue weighted by atomic mass is 19.4. The largest absolute Gasteiger partial charge is 0.453 e. The van der Waals surface area contributed by atoms with Crippen LogP contribution >= 0.6 is 0 Å². The number of rotatable bonds is 4. The van der Waals surface area contributed by atoms with E-state index in [0.29, 0.717) is 24.4 Å². The number of nitrogens with zero attached hydrogens (tertiary/aromatic N) is 5. The number of aryl methyl sites for hydroxylation is 2. The maximum Gasteiger partial charge on any atom is 0.453 e. The van der Waals surface area contributed by atoms with Crippen molar-refractivity contribution in [2.45, 2.75) is 51.7 Å². The van der Waals surface area contributed by atoms with Crippen molar-refractivity contribution in [3.8, 4) is 0 Å². The molecule has 0 radical (unpaired) electrons. The van der Waals surface area contributed by atoms with Crippen molar-refractivity contribution in [2.75, 3.05) is 6.54 Å². The second-order valence-electron chi connectivity index (χ2n) is 7.56. The van der Waals surface area contributed by atoms with Crippen LogP contribution in [0.15, 0.2) is 30.3 Å². The van der Waals surface area contributed by atoms with Gasteiger partial charge in [-0.2, -0.15) is 18.2 Å². The Morgan fingerprint density at radius 3 is 2.60 bits per heavy atom. The van der Waals surface area contributed by atoms with E-state index >= 15 is 0 Å². The van der Waals surface area contributed by atoms with Gasteiger partial charge in [0, 0.05) is 24.4 Å².